The average Bonchev–Trinajstić information content (AvgIpc) is 1.54. The van der Waals surface area contributed by atoms with E-state index in [1.54, 1.807) is 36.4 Å². The second kappa shape index (κ2) is 31.5. The van der Waals surface area contributed by atoms with Crippen LogP contribution in [0, 0.1) is 0 Å². The Morgan fingerprint density at radius 3 is 1.27 bits per heavy atom. The zero-order valence-corrected chi connectivity index (χ0v) is 67.5. The number of anilines is 1. The highest BCUT2D eigenvalue weighted by Crippen LogP contribution is 2.61. The summed E-state index contributed by atoms with van der Waals surface area (Å²) in [5.74, 6) is -1.56. The molecule has 548 valence electrons. The van der Waals surface area contributed by atoms with E-state index in [0.29, 0.717) is 45.3 Å². The van der Waals surface area contributed by atoms with Crippen LogP contribution >= 0.6 is 82.6 Å². The molecular formula is C101H61Br3Cl3NO6. The number of nitrogen functional groups attached to an aromatic ring is 1. The van der Waals surface area contributed by atoms with E-state index < -0.39 is 17.5 Å². The molecule has 0 bridgehead atoms. The molecule has 13 heteroatoms. The van der Waals surface area contributed by atoms with Crippen LogP contribution in [0.4, 0.5) is 5.69 Å². The average molecular weight is 1730 g/mol. The molecule has 4 aliphatic carbocycles. The van der Waals surface area contributed by atoms with Gasteiger partial charge in [-0.2, -0.15) is 0 Å². The van der Waals surface area contributed by atoms with E-state index in [-0.39, 0.29) is 17.1 Å². The number of fused-ring (bicyclic) bond motifs is 9. The summed E-state index contributed by atoms with van der Waals surface area (Å²) >= 11 is 30.5. The maximum atomic E-state index is 13.9. The number of Topliss-reactive ketones (excluding diaryl/α,β-unsaturated/α-hetero) is 4. The Labute approximate surface area is 696 Å². The van der Waals surface area contributed by atoms with Gasteiger partial charge in [0, 0.05) is 96.9 Å². The Morgan fingerprint density at radius 2 is 0.702 bits per heavy atom. The zero-order chi connectivity index (χ0) is 78.6. The lowest BCUT2D eigenvalue weighted by atomic mass is 9.82. The lowest BCUT2D eigenvalue weighted by molar-refractivity contribution is -0.117. The summed E-state index contributed by atoms with van der Waals surface area (Å²) in [6, 6.07) is 108. The van der Waals surface area contributed by atoms with Crippen LogP contribution in [0.15, 0.2) is 341 Å². The van der Waals surface area contributed by atoms with Gasteiger partial charge in [-0.3, -0.25) is 19.2 Å². The molecule has 17 aromatic rings. The van der Waals surface area contributed by atoms with Crippen LogP contribution in [0.3, 0.4) is 0 Å². The number of carboxylic acid groups (broad SMARTS) is 1. The summed E-state index contributed by atoms with van der Waals surface area (Å²) in [6.07, 6.45) is 0.862. The standard InChI is InChI=1S/C36H20BrCl.C27H14BrClO.C15H13ClO.C12H5BrO2.C11H9NO2/c37-30-18-17-27-33-24(30)14-8-15-26(33)35-32(21-9-2-1-3-10-21)28-19-22-11-4-5-12-23(22)20-29(28)34(36(27)35)25-13-6-7-16-31(25)38;28-20-14-13-19-23-16(20)10-6-11-18(23)24-22(15-7-2-1-3-8-15)27(30)26(25(19)24)17-9-4-5-12-21(17)29;16-15-9-5-4-8-13(15)11-14(17)10-12-6-2-1-3-7-12;13-9-5-4-8-10-6(9)2-1-3-7(10)11(14)12(8)15;12-10-6-8-4-2-1-3-7(8)5-9(10)11(13)14/h1-20H;1-14H;1-9H,10-11H2;1-5H;1-6H,12H2,(H,13,14). The van der Waals surface area contributed by atoms with Crippen molar-refractivity contribution in [2.45, 2.75) is 12.8 Å². The number of halogens is 6. The van der Waals surface area contributed by atoms with Crippen LogP contribution in [0.2, 0.25) is 15.1 Å². The number of hydrogen-bond acceptors (Lipinski definition) is 6. The summed E-state index contributed by atoms with van der Waals surface area (Å²) < 4.78 is 3.07. The molecule has 0 saturated carbocycles. The summed E-state index contributed by atoms with van der Waals surface area (Å²) in [4.78, 5) is 59.8. The van der Waals surface area contributed by atoms with Crippen molar-refractivity contribution in [3.63, 3.8) is 0 Å². The molecular weight excluding hydrogens is 1670 g/mol. The maximum absolute atomic E-state index is 13.9. The van der Waals surface area contributed by atoms with Crippen molar-refractivity contribution in [2.24, 2.45) is 0 Å². The van der Waals surface area contributed by atoms with Crippen molar-refractivity contribution >= 4 is 204 Å². The molecule has 21 rings (SSSR count). The normalized spacial score (nSPS) is 12.5. The minimum absolute atomic E-state index is 0.0323. The Balaban J connectivity index is 0.000000109. The molecule has 0 fully saturated rings. The molecule has 0 radical (unpaired) electrons. The monoisotopic (exact) mass is 1730 g/mol. The number of nitrogens with two attached hydrogens (primary N) is 1. The molecule has 0 heterocycles. The molecule has 3 N–H and O–H groups in total. The van der Waals surface area contributed by atoms with Gasteiger partial charge in [0.2, 0.25) is 11.6 Å². The van der Waals surface area contributed by atoms with Crippen LogP contribution < -0.4 is 5.73 Å². The first-order valence-electron chi connectivity index (χ1n) is 36.7. The molecule has 0 spiro atoms. The van der Waals surface area contributed by atoms with E-state index in [4.69, 9.17) is 45.6 Å². The van der Waals surface area contributed by atoms with E-state index in [1.165, 1.54) is 76.6 Å². The quantitative estimate of drug-likeness (QED) is 0.0836. The van der Waals surface area contributed by atoms with Crippen LogP contribution in [-0.2, 0) is 22.4 Å². The Morgan fingerprint density at radius 1 is 0.307 bits per heavy atom. The van der Waals surface area contributed by atoms with Crippen molar-refractivity contribution in [2.75, 3.05) is 5.73 Å². The topological polar surface area (TPSA) is 132 Å². The molecule has 0 aromatic heterocycles. The summed E-state index contributed by atoms with van der Waals surface area (Å²) in [7, 11) is 0. The fourth-order valence-electron chi connectivity index (χ4n) is 16.3. The lowest BCUT2D eigenvalue weighted by Gasteiger charge is -2.21. The van der Waals surface area contributed by atoms with Gasteiger partial charge in [0.25, 0.3) is 0 Å². The molecule has 0 amide bonds. The molecule has 17 aromatic carbocycles. The second-order valence-electron chi connectivity index (χ2n) is 28.0. The predicted molar refractivity (Wildman–Crippen MR) is 481 cm³/mol. The van der Waals surface area contributed by atoms with Gasteiger partial charge < -0.3 is 10.8 Å². The molecule has 0 aliphatic heterocycles. The molecule has 0 saturated heterocycles. The highest BCUT2D eigenvalue weighted by Gasteiger charge is 2.41. The summed E-state index contributed by atoms with van der Waals surface area (Å²) in [5, 5.41) is 24.2. The van der Waals surface area contributed by atoms with Gasteiger partial charge in [-0.05, 0) is 193 Å². The minimum Gasteiger partial charge on any atom is -0.478 e. The third-order valence-corrected chi connectivity index (χ3v) is 24.4. The lowest BCUT2D eigenvalue weighted by Crippen LogP contribution is -2.06. The van der Waals surface area contributed by atoms with Crippen LogP contribution in [0.1, 0.15) is 64.5 Å². The Kier molecular flexibility index (Phi) is 20.7. The Hall–Kier alpha value is -12.0. The number of hydrogen-bond donors (Lipinski definition) is 2. The molecule has 7 nitrogen and oxygen atoms in total. The highest BCUT2D eigenvalue weighted by molar-refractivity contribution is 9.11. The first-order valence-corrected chi connectivity index (χ1v) is 40.2. The van der Waals surface area contributed by atoms with Crippen LogP contribution in [0.5, 0.6) is 0 Å². The number of benzene rings is 17. The summed E-state index contributed by atoms with van der Waals surface area (Å²) in [5.41, 5.74) is 26.2. The van der Waals surface area contributed by atoms with E-state index in [2.05, 4.69) is 187 Å². The second-order valence-corrected chi connectivity index (χ2v) is 31.7. The van der Waals surface area contributed by atoms with Gasteiger partial charge in [-0.1, -0.05) is 343 Å². The van der Waals surface area contributed by atoms with Gasteiger partial charge in [0.05, 0.1) is 5.56 Å². The molecule has 114 heavy (non-hydrogen) atoms. The molecule has 0 unspecified atom stereocenters. The fraction of sp³-hybridized carbons (Fsp3) is 0.0198. The third-order valence-electron chi connectivity index (χ3n) is 21.3. The number of rotatable bonds is 9. The van der Waals surface area contributed by atoms with E-state index >= 15 is 0 Å². The SMILES string of the molecule is Clc1ccccc1-c1c2c(c(-c3ccccc3)c3cc4ccccc4cc13)-c1cccc3c(Br)ccc-2c13.Nc1cc2ccccc2cc1C(=O)O.O=C(Cc1ccccc1)Cc1ccccc1Cl.O=C1C(=O)c2ccc(Br)c3cccc1c23.O=C1C(c2ccccc2)=C2C(=C1c1ccccc1Cl)c1ccc(Br)c3cccc2c13. The van der Waals surface area contributed by atoms with Gasteiger partial charge >= 0.3 is 5.97 Å². The van der Waals surface area contributed by atoms with Gasteiger partial charge in [-0.25, -0.2) is 4.79 Å². The minimum atomic E-state index is -0.992. The first kappa shape index (κ1) is 74.8. The number of carbonyl (C=O) groups is 5. The summed E-state index contributed by atoms with van der Waals surface area (Å²) in [6.45, 7) is 0. The van der Waals surface area contributed by atoms with Gasteiger partial charge in [0.15, 0.2) is 5.78 Å². The number of ketones is 4. The van der Waals surface area contributed by atoms with Crippen molar-refractivity contribution in [3.05, 3.63) is 406 Å². The molecule has 4 aliphatic rings. The van der Waals surface area contributed by atoms with Gasteiger partial charge in [0.1, 0.15) is 5.78 Å². The van der Waals surface area contributed by atoms with Crippen LogP contribution in [-0.4, -0.2) is 34.2 Å². The predicted octanol–water partition coefficient (Wildman–Crippen LogP) is 28.0. The fourth-order valence-corrected chi connectivity index (χ4v) is 18.3. The number of carboxylic acids is 1. The largest absolute Gasteiger partial charge is 0.478 e. The third kappa shape index (κ3) is 13.7. The molecule has 0 atom stereocenters. The van der Waals surface area contributed by atoms with Crippen molar-refractivity contribution in [1.29, 1.82) is 0 Å². The number of allylic oxidation sites excluding steroid dienone is 4. The Bertz CT molecular complexity index is 6980. The van der Waals surface area contributed by atoms with Crippen LogP contribution in [0.25, 0.3) is 131 Å². The number of carbonyl (C=O) groups excluding carboxylic acids is 4. The maximum Gasteiger partial charge on any atom is 0.337 e. The highest BCUT2D eigenvalue weighted by atomic mass is 79.9. The van der Waals surface area contributed by atoms with E-state index in [9.17, 15) is 24.0 Å². The first-order chi connectivity index (χ1) is 55.5. The van der Waals surface area contributed by atoms with Crippen molar-refractivity contribution in [3.8, 4) is 44.5 Å². The van der Waals surface area contributed by atoms with Crippen molar-refractivity contribution < 1.29 is 29.1 Å². The van der Waals surface area contributed by atoms with E-state index in [0.717, 1.165) is 101 Å². The van der Waals surface area contributed by atoms with Gasteiger partial charge in [-0.15, -0.1) is 0 Å². The number of aromatic carboxylic acids is 1. The van der Waals surface area contributed by atoms with E-state index in [1.807, 2.05) is 152 Å². The van der Waals surface area contributed by atoms with Crippen molar-refractivity contribution in [1.82, 2.24) is 0 Å². The zero-order valence-electron chi connectivity index (χ0n) is 60.4. The smallest absolute Gasteiger partial charge is 0.337 e.